The molecule has 0 spiro atoms. The van der Waals surface area contributed by atoms with Gasteiger partial charge in [0.15, 0.2) is 11.6 Å². The van der Waals surface area contributed by atoms with Gasteiger partial charge in [0.1, 0.15) is 0 Å². The van der Waals surface area contributed by atoms with Crippen LogP contribution in [-0.4, -0.2) is 14.2 Å². The maximum Gasteiger partial charge on any atom is 0.169 e. The first-order chi connectivity index (χ1) is 8.13. The van der Waals surface area contributed by atoms with Gasteiger partial charge in [-0.25, -0.2) is 4.39 Å². The third-order valence-electron chi connectivity index (χ3n) is 3.27. The van der Waals surface area contributed by atoms with Crippen molar-refractivity contribution >= 4 is 0 Å². The molecule has 0 saturated heterocycles. The zero-order valence-corrected chi connectivity index (χ0v) is 11.1. The Morgan fingerprint density at radius 1 is 1.41 bits per heavy atom. The van der Waals surface area contributed by atoms with Gasteiger partial charge in [0.05, 0.1) is 7.11 Å². The topological polar surface area (TPSA) is 21.3 Å². The molecule has 2 unspecified atom stereocenters. The first-order valence-corrected chi connectivity index (χ1v) is 6.13. The van der Waals surface area contributed by atoms with Gasteiger partial charge in [-0.2, -0.15) is 0 Å². The molecule has 0 saturated carbocycles. The standard InChI is InChI=1S/C14H22FNO/c1-5-10(2)9-12(16-3)11-7-6-8-13(17-4)14(11)15/h6-8,10,12,16H,5,9H2,1-4H3. The summed E-state index contributed by atoms with van der Waals surface area (Å²) in [6.07, 6.45) is 2.03. The van der Waals surface area contributed by atoms with Gasteiger partial charge in [0.25, 0.3) is 0 Å². The fourth-order valence-electron chi connectivity index (χ4n) is 1.92. The van der Waals surface area contributed by atoms with E-state index in [1.54, 1.807) is 6.07 Å². The zero-order valence-electron chi connectivity index (χ0n) is 11.1. The highest BCUT2D eigenvalue weighted by Crippen LogP contribution is 2.29. The molecule has 0 aromatic heterocycles. The van der Waals surface area contributed by atoms with Crippen LogP contribution in [0.3, 0.4) is 0 Å². The Kier molecular flexibility index (Phi) is 5.42. The zero-order chi connectivity index (χ0) is 12.8. The molecule has 2 nitrogen and oxygen atoms in total. The molecule has 2 atom stereocenters. The molecule has 0 aliphatic carbocycles. The van der Waals surface area contributed by atoms with E-state index in [0.29, 0.717) is 17.2 Å². The molecule has 0 fully saturated rings. The lowest BCUT2D eigenvalue weighted by Gasteiger charge is -2.21. The van der Waals surface area contributed by atoms with Gasteiger partial charge in [-0.1, -0.05) is 32.4 Å². The molecular weight excluding hydrogens is 217 g/mol. The Hall–Kier alpha value is -1.09. The van der Waals surface area contributed by atoms with Gasteiger partial charge in [-0.15, -0.1) is 0 Å². The fourth-order valence-corrected chi connectivity index (χ4v) is 1.92. The maximum atomic E-state index is 14.1. The predicted molar refractivity (Wildman–Crippen MR) is 68.8 cm³/mol. The SMILES string of the molecule is CCC(C)CC(NC)c1cccc(OC)c1F. The second-order valence-electron chi connectivity index (χ2n) is 4.45. The minimum absolute atomic E-state index is 0.0417. The summed E-state index contributed by atoms with van der Waals surface area (Å²) in [7, 11) is 3.36. The number of benzene rings is 1. The van der Waals surface area contributed by atoms with Crippen LogP contribution in [-0.2, 0) is 0 Å². The van der Waals surface area contributed by atoms with Crippen molar-refractivity contribution in [1.82, 2.24) is 5.32 Å². The Morgan fingerprint density at radius 3 is 2.65 bits per heavy atom. The fraction of sp³-hybridized carbons (Fsp3) is 0.571. The maximum absolute atomic E-state index is 14.1. The number of ether oxygens (including phenoxy) is 1. The number of rotatable bonds is 6. The minimum atomic E-state index is -0.252. The number of hydrogen-bond acceptors (Lipinski definition) is 2. The molecule has 0 aliphatic heterocycles. The first-order valence-electron chi connectivity index (χ1n) is 6.13. The molecule has 0 heterocycles. The Balaban J connectivity index is 2.95. The Morgan fingerprint density at radius 2 is 2.12 bits per heavy atom. The highest BCUT2D eigenvalue weighted by molar-refractivity contribution is 5.33. The Bertz CT molecular complexity index is 354. The van der Waals surface area contributed by atoms with Crippen LogP contribution < -0.4 is 10.1 Å². The van der Waals surface area contributed by atoms with Crippen LogP contribution in [0.4, 0.5) is 4.39 Å². The molecule has 0 radical (unpaired) electrons. The summed E-state index contributed by atoms with van der Waals surface area (Å²) in [6.45, 7) is 4.34. The quantitative estimate of drug-likeness (QED) is 0.820. The number of hydrogen-bond donors (Lipinski definition) is 1. The third-order valence-corrected chi connectivity index (χ3v) is 3.27. The minimum Gasteiger partial charge on any atom is -0.494 e. The van der Waals surface area contributed by atoms with Crippen molar-refractivity contribution in [1.29, 1.82) is 0 Å². The van der Waals surface area contributed by atoms with Crippen LogP contribution in [0.1, 0.15) is 38.3 Å². The van der Waals surface area contributed by atoms with E-state index in [-0.39, 0.29) is 11.9 Å². The van der Waals surface area contributed by atoms with Crippen molar-refractivity contribution in [3.05, 3.63) is 29.6 Å². The van der Waals surface area contributed by atoms with Gasteiger partial charge >= 0.3 is 0 Å². The molecule has 1 rings (SSSR count). The summed E-state index contributed by atoms with van der Waals surface area (Å²) in [5, 5.41) is 3.18. The smallest absolute Gasteiger partial charge is 0.169 e. The largest absolute Gasteiger partial charge is 0.494 e. The van der Waals surface area contributed by atoms with E-state index in [0.717, 1.165) is 12.8 Å². The molecule has 3 heteroatoms. The highest BCUT2D eigenvalue weighted by atomic mass is 19.1. The van der Waals surface area contributed by atoms with Crippen LogP contribution in [0.15, 0.2) is 18.2 Å². The average molecular weight is 239 g/mol. The van der Waals surface area contributed by atoms with Crippen LogP contribution in [0, 0.1) is 11.7 Å². The van der Waals surface area contributed by atoms with Crippen LogP contribution in [0.2, 0.25) is 0 Å². The summed E-state index contributed by atoms with van der Waals surface area (Å²) in [5.41, 5.74) is 0.687. The van der Waals surface area contributed by atoms with Crippen LogP contribution >= 0.6 is 0 Å². The van der Waals surface area contributed by atoms with Crippen molar-refractivity contribution in [2.45, 2.75) is 32.7 Å². The summed E-state index contributed by atoms with van der Waals surface area (Å²) >= 11 is 0. The van der Waals surface area contributed by atoms with Crippen molar-refractivity contribution in [3.63, 3.8) is 0 Å². The summed E-state index contributed by atoms with van der Waals surface area (Å²) in [5.74, 6) is 0.627. The van der Waals surface area contributed by atoms with Gasteiger partial charge < -0.3 is 10.1 Å². The van der Waals surface area contributed by atoms with Crippen LogP contribution in [0.5, 0.6) is 5.75 Å². The summed E-state index contributed by atoms with van der Waals surface area (Å²) in [6, 6.07) is 5.34. The molecule has 1 aromatic carbocycles. The van der Waals surface area contributed by atoms with E-state index in [9.17, 15) is 4.39 Å². The van der Waals surface area contributed by atoms with Crippen molar-refractivity contribution in [2.75, 3.05) is 14.2 Å². The molecule has 17 heavy (non-hydrogen) atoms. The van der Waals surface area contributed by atoms with Crippen LogP contribution in [0.25, 0.3) is 0 Å². The molecule has 1 aromatic rings. The summed E-state index contributed by atoms with van der Waals surface area (Å²) < 4.78 is 19.1. The molecule has 0 amide bonds. The number of methoxy groups -OCH3 is 1. The molecule has 0 bridgehead atoms. The van der Waals surface area contributed by atoms with Crippen molar-refractivity contribution in [3.8, 4) is 5.75 Å². The third kappa shape index (κ3) is 3.43. The van der Waals surface area contributed by atoms with E-state index in [2.05, 4.69) is 19.2 Å². The second-order valence-corrected chi connectivity index (χ2v) is 4.45. The number of halogens is 1. The van der Waals surface area contributed by atoms with E-state index < -0.39 is 0 Å². The lowest BCUT2D eigenvalue weighted by Crippen LogP contribution is -2.20. The average Bonchev–Trinajstić information content (AvgIpc) is 2.36. The van der Waals surface area contributed by atoms with Crippen molar-refractivity contribution in [2.24, 2.45) is 5.92 Å². The van der Waals surface area contributed by atoms with Gasteiger partial charge in [-0.3, -0.25) is 0 Å². The Labute approximate surface area is 103 Å². The monoisotopic (exact) mass is 239 g/mol. The lowest BCUT2D eigenvalue weighted by molar-refractivity contribution is 0.370. The normalized spacial score (nSPS) is 14.4. The lowest BCUT2D eigenvalue weighted by atomic mass is 9.94. The van der Waals surface area contributed by atoms with Gasteiger partial charge in [0, 0.05) is 11.6 Å². The molecule has 1 N–H and O–H groups in total. The van der Waals surface area contributed by atoms with Gasteiger partial charge in [0.2, 0.25) is 0 Å². The van der Waals surface area contributed by atoms with Gasteiger partial charge in [-0.05, 0) is 25.5 Å². The van der Waals surface area contributed by atoms with E-state index in [1.165, 1.54) is 7.11 Å². The molecular formula is C14H22FNO. The predicted octanol–water partition coefficient (Wildman–Crippen LogP) is 3.53. The summed E-state index contributed by atoms with van der Waals surface area (Å²) in [4.78, 5) is 0. The van der Waals surface area contributed by atoms with E-state index >= 15 is 0 Å². The highest BCUT2D eigenvalue weighted by Gasteiger charge is 2.18. The molecule has 96 valence electrons. The number of nitrogens with one attached hydrogen (secondary N) is 1. The van der Waals surface area contributed by atoms with E-state index in [1.807, 2.05) is 19.2 Å². The second kappa shape index (κ2) is 6.60. The van der Waals surface area contributed by atoms with E-state index in [4.69, 9.17) is 4.74 Å². The first kappa shape index (κ1) is 14.0. The van der Waals surface area contributed by atoms with Crippen molar-refractivity contribution < 1.29 is 9.13 Å². The molecule has 0 aliphatic rings.